The number of nitrogens with one attached hydrogen (secondary N) is 2. The Kier molecular flexibility index (Phi) is 7.80. The molecule has 0 spiro atoms. The normalized spacial score (nSPS) is 17.5. The number of hydrogen-bond donors (Lipinski definition) is 2. The van der Waals surface area contributed by atoms with Crippen molar-refractivity contribution in [2.24, 2.45) is 4.99 Å². The molecule has 0 radical (unpaired) electrons. The number of rotatable bonds is 6. The summed E-state index contributed by atoms with van der Waals surface area (Å²) in [5, 5.41) is 6.74. The van der Waals surface area contributed by atoms with E-state index in [0.29, 0.717) is 6.54 Å². The number of nitrogens with zero attached hydrogens (tertiary/aromatic N) is 2. The highest BCUT2D eigenvalue weighted by Gasteiger charge is 2.22. The highest BCUT2D eigenvalue weighted by atomic mass is 127. The van der Waals surface area contributed by atoms with Gasteiger partial charge in [-0.25, -0.2) is 4.99 Å². The van der Waals surface area contributed by atoms with Gasteiger partial charge in [-0.15, -0.1) is 24.0 Å². The minimum atomic E-state index is 0. The Morgan fingerprint density at radius 2 is 1.83 bits per heavy atom. The van der Waals surface area contributed by atoms with Crippen LogP contribution >= 0.6 is 24.0 Å². The molecule has 0 bridgehead atoms. The summed E-state index contributed by atoms with van der Waals surface area (Å²) >= 11 is 0. The molecule has 2 N–H and O–H groups in total. The van der Waals surface area contributed by atoms with Crippen LogP contribution in [0.25, 0.3) is 0 Å². The van der Waals surface area contributed by atoms with Crippen LogP contribution in [-0.2, 0) is 13.0 Å². The van der Waals surface area contributed by atoms with Crippen LogP contribution in [0.2, 0.25) is 0 Å². The maximum Gasteiger partial charge on any atom is 0.191 e. The number of fused-ring (bicyclic) bond motifs is 1. The lowest BCUT2D eigenvalue weighted by molar-refractivity contribution is 0.235. The first-order valence-electron chi connectivity index (χ1n) is 10.1. The number of ether oxygens (including phenoxy) is 1. The van der Waals surface area contributed by atoms with Crippen molar-refractivity contribution in [3.8, 4) is 5.75 Å². The number of aliphatic imine (C=N–C) groups is 1. The number of guanidine groups is 1. The van der Waals surface area contributed by atoms with Gasteiger partial charge < -0.3 is 20.3 Å². The van der Waals surface area contributed by atoms with Crippen molar-refractivity contribution >= 4 is 35.6 Å². The molecule has 29 heavy (non-hydrogen) atoms. The molecule has 1 unspecified atom stereocenters. The quantitative estimate of drug-likeness (QED) is 0.273. The fraction of sp³-hybridized carbons (Fsp3) is 0.348. The van der Waals surface area contributed by atoms with Crippen LogP contribution in [-0.4, -0.2) is 38.2 Å². The molecule has 0 aliphatic carbocycles. The highest BCUT2D eigenvalue weighted by molar-refractivity contribution is 14.0. The van der Waals surface area contributed by atoms with Crippen LogP contribution in [0, 0.1) is 0 Å². The second-order valence-electron chi connectivity index (χ2n) is 7.17. The molecule has 5 nitrogen and oxygen atoms in total. The zero-order valence-corrected chi connectivity index (χ0v) is 19.1. The summed E-state index contributed by atoms with van der Waals surface area (Å²) < 4.78 is 6.01. The first-order valence-corrected chi connectivity index (χ1v) is 10.1. The van der Waals surface area contributed by atoms with Crippen LogP contribution in [0.5, 0.6) is 5.75 Å². The molecule has 0 aromatic heterocycles. The van der Waals surface area contributed by atoms with Crippen molar-refractivity contribution in [1.82, 2.24) is 10.6 Å². The lowest BCUT2D eigenvalue weighted by atomic mass is 10.1. The molecule has 2 aromatic rings. The molecule has 2 heterocycles. The summed E-state index contributed by atoms with van der Waals surface area (Å²) in [5.41, 5.74) is 3.75. The molecule has 154 valence electrons. The van der Waals surface area contributed by atoms with E-state index in [1.807, 2.05) is 12.1 Å². The summed E-state index contributed by atoms with van der Waals surface area (Å²) in [6.45, 7) is 6.30. The lowest BCUT2D eigenvalue weighted by Gasteiger charge is -2.18. The van der Waals surface area contributed by atoms with Crippen LogP contribution < -0.4 is 20.3 Å². The average Bonchev–Trinajstić information content (AvgIpc) is 3.40. The minimum Gasteiger partial charge on any atom is -0.488 e. The van der Waals surface area contributed by atoms with Gasteiger partial charge >= 0.3 is 0 Å². The maximum absolute atomic E-state index is 6.01. The Labute approximate surface area is 190 Å². The molecule has 2 aromatic carbocycles. The summed E-state index contributed by atoms with van der Waals surface area (Å²) in [7, 11) is 0. The van der Waals surface area contributed by atoms with Crippen molar-refractivity contribution in [1.29, 1.82) is 0 Å². The molecule has 0 saturated heterocycles. The van der Waals surface area contributed by atoms with Gasteiger partial charge in [0.05, 0.1) is 13.1 Å². The van der Waals surface area contributed by atoms with Crippen LogP contribution in [0.3, 0.4) is 0 Å². The van der Waals surface area contributed by atoms with E-state index in [-0.39, 0.29) is 30.1 Å². The van der Waals surface area contributed by atoms with Crippen molar-refractivity contribution in [3.05, 3.63) is 71.8 Å². The SMILES string of the molecule is CCNC(=NCc1ccc(N2CC=CC2)cc1)NCC1Cc2ccccc2O1.I. The van der Waals surface area contributed by atoms with E-state index >= 15 is 0 Å². The van der Waals surface area contributed by atoms with Gasteiger partial charge in [0.25, 0.3) is 0 Å². The molecule has 0 saturated carbocycles. The number of para-hydroxylation sites is 1. The van der Waals surface area contributed by atoms with E-state index in [2.05, 4.69) is 71.0 Å². The Balaban J connectivity index is 0.00000240. The maximum atomic E-state index is 6.01. The molecule has 0 amide bonds. The number of hydrogen-bond acceptors (Lipinski definition) is 3. The third-order valence-corrected chi connectivity index (χ3v) is 5.09. The number of anilines is 1. The first-order chi connectivity index (χ1) is 13.8. The van der Waals surface area contributed by atoms with Crippen LogP contribution in [0.4, 0.5) is 5.69 Å². The van der Waals surface area contributed by atoms with E-state index in [9.17, 15) is 0 Å². The predicted molar refractivity (Wildman–Crippen MR) is 131 cm³/mol. The van der Waals surface area contributed by atoms with E-state index < -0.39 is 0 Å². The average molecular weight is 504 g/mol. The van der Waals surface area contributed by atoms with E-state index in [0.717, 1.165) is 44.3 Å². The van der Waals surface area contributed by atoms with Gasteiger partial charge in [0.1, 0.15) is 11.9 Å². The first kappa shape index (κ1) is 21.5. The Bertz CT molecular complexity index is 817. The van der Waals surface area contributed by atoms with Crippen molar-refractivity contribution < 1.29 is 4.74 Å². The second-order valence-corrected chi connectivity index (χ2v) is 7.17. The van der Waals surface area contributed by atoms with E-state index in [1.165, 1.54) is 16.8 Å². The third kappa shape index (κ3) is 5.65. The lowest BCUT2D eigenvalue weighted by Crippen LogP contribution is -2.42. The van der Waals surface area contributed by atoms with Gasteiger partial charge in [-0.05, 0) is 36.2 Å². The summed E-state index contributed by atoms with van der Waals surface area (Å²) in [4.78, 5) is 7.08. The third-order valence-electron chi connectivity index (χ3n) is 5.09. The van der Waals surface area contributed by atoms with Crippen molar-refractivity contribution in [2.75, 3.05) is 31.1 Å². The molecule has 1 atom stereocenters. The molecule has 4 rings (SSSR count). The zero-order valence-electron chi connectivity index (χ0n) is 16.8. The number of halogens is 1. The summed E-state index contributed by atoms with van der Waals surface area (Å²) in [6.07, 6.45) is 5.50. The predicted octanol–water partition coefficient (Wildman–Crippen LogP) is 3.74. The smallest absolute Gasteiger partial charge is 0.191 e. The zero-order chi connectivity index (χ0) is 19.2. The van der Waals surface area contributed by atoms with E-state index in [4.69, 9.17) is 9.73 Å². The number of benzene rings is 2. The summed E-state index contributed by atoms with van der Waals surface area (Å²) in [5.74, 6) is 1.83. The van der Waals surface area contributed by atoms with Gasteiger partial charge in [-0.2, -0.15) is 0 Å². The highest BCUT2D eigenvalue weighted by Crippen LogP contribution is 2.27. The molecule has 6 heteroatoms. The summed E-state index contributed by atoms with van der Waals surface area (Å²) in [6, 6.07) is 17.0. The Morgan fingerprint density at radius 3 is 2.55 bits per heavy atom. The fourth-order valence-electron chi connectivity index (χ4n) is 3.59. The largest absolute Gasteiger partial charge is 0.488 e. The minimum absolute atomic E-state index is 0. The molecular weight excluding hydrogens is 475 g/mol. The second kappa shape index (κ2) is 10.5. The molecule has 2 aliphatic rings. The molecular formula is C23H29IN4O. The van der Waals surface area contributed by atoms with Crippen molar-refractivity contribution in [3.63, 3.8) is 0 Å². The van der Waals surface area contributed by atoms with Gasteiger partial charge in [0.2, 0.25) is 0 Å². The fourth-order valence-corrected chi connectivity index (χ4v) is 3.59. The Morgan fingerprint density at radius 1 is 1.07 bits per heavy atom. The van der Waals surface area contributed by atoms with Crippen LogP contribution in [0.1, 0.15) is 18.1 Å². The standard InChI is InChI=1S/C23H28N4O.HI/c1-2-24-23(26-17-21-15-19-7-3-4-8-22(19)28-21)25-16-18-9-11-20(12-10-18)27-13-5-6-14-27;/h3-12,21H,2,13-17H2,1H3,(H2,24,25,26);1H. The molecule has 0 fully saturated rings. The van der Waals surface area contributed by atoms with Crippen molar-refractivity contribution in [2.45, 2.75) is 26.0 Å². The van der Waals surface area contributed by atoms with Gasteiger partial charge in [0, 0.05) is 31.7 Å². The van der Waals surface area contributed by atoms with Gasteiger partial charge in [0.15, 0.2) is 5.96 Å². The topological polar surface area (TPSA) is 48.9 Å². The van der Waals surface area contributed by atoms with Crippen LogP contribution in [0.15, 0.2) is 65.7 Å². The van der Waals surface area contributed by atoms with Gasteiger partial charge in [-0.1, -0.05) is 42.5 Å². The van der Waals surface area contributed by atoms with E-state index in [1.54, 1.807) is 0 Å². The van der Waals surface area contributed by atoms with Gasteiger partial charge in [-0.3, -0.25) is 0 Å². The monoisotopic (exact) mass is 504 g/mol. The Hall–Kier alpha value is -2.22. The molecule has 2 aliphatic heterocycles.